The Morgan fingerprint density at radius 2 is 1.95 bits per heavy atom. The van der Waals surface area contributed by atoms with Gasteiger partial charge in [0.05, 0.1) is 23.3 Å². The zero-order valence-corrected chi connectivity index (χ0v) is 12.2. The third-order valence-electron chi connectivity index (χ3n) is 4.04. The molecule has 0 N–H and O–H groups in total. The van der Waals surface area contributed by atoms with Gasteiger partial charge in [-0.3, -0.25) is 4.98 Å². The van der Waals surface area contributed by atoms with E-state index in [-0.39, 0.29) is 5.41 Å². The number of hydrogen-bond donors (Lipinski definition) is 0. The molecule has 0 saturated heterocycles. The second-order valence-corrected chi connectivity index (χ2v) is 6.42. The van der Waals surface area contributed by atoms with Crippen molar-refractivity contribution in [2.24, 2.45) is 0 Å². The lowest BCUT2D eigenvalue weighted by molar-refractivity contribution is 0.636. The van der Waals surface area contributed by atoms with Crippen LogP contribution in [0.3, 0.4) is 0 Å². The predicted octanol–water partition coefficient (Wildman–Crippen LogP) is 4.51. The summed E-state index contributed by atoms with van der Waals surface area (Å²) in [6, 6.07) is 10.6. The van der Waals surface area contributed by atoms with Crippen LogP contribution in [0.4, 0.5) is 0 Å². The number of thiophene rings is 1. The smallest absolute Gasteiger partial charge is 0.0930 e. The number of fused-ring (bicyclic) bond motifs is 3. The Balaban J connectivity index is 1.97. The lowest BCUT2D eigenvalue weighted by atomic mass is 9.85. The van der Waals surface area contributed by atoms with Crippen molar-refractivity contribution in [2.75, 3.05) is 0 Å². The molecule has 0 radical (unpaired) electrons. The SMILES string of the molecule is CC1(C)c2ccccc2-c2ncc(-c3ccsc3)nc21. The van der Waals surface area contributed by atoms with Crippen LogP contribution in [0.15, 0.2) is 47.3 Å². The van der Waals surface area contributed by atoms with Crippen LogP contribution in [0.25, 0.3) is 22.5 Å². The van der Waals surface area contributed by atoms with E-state index in [1.807, 2.05) is 6.20 Å². The van der Waals surface area contributed by atoms with Crippen LogP contribution in [0.5, 0.6) is 0 Å². The van der Waals surface area contributed by atoms with E-state index in [1.54, 1.807) is 11.3 Å². The summed E-state index contributed by atoms with van der Waals surface area (Å²) in [5, 5.41) is 4.19. The molecular weight excluding hydrogens is 264 g/mol. The second kappa shape index (κ2) is 4.00. The molecule has 2 nitrogen and oxygen atoms in total. The van der Waals surface area contributed by atoms with Crippen LogP contribution in [0.2, 0.25) is 0 Å². The normalized spacial score (nSPS) is 14.9. The highest BCUT2D eigenvalue weighted by molar-refractivity contribution is 7.08. The summed E-state index contributed by atoms with van der Waals surface area (Å²) >= 11 is 1.69. The molecule has 0 bridgehead atoms. The zero-order chi connectivity index (χ0) is 13.7. The first-order valence-corrected chi connectivity index (χ1v) is 7.62. The maximum Gasteiger partial charge on any atom is 0.0930 e. The Bertz CT molecular complexity index is 789. The molecule has 0 unspecified atom stereocenters. The molecule has 3 aromatic rings. The third kappa shape index (κ3) is 1.50. The quantitative estimate of drug-likeness (QED) is 0.654. The van der Waals surface area contributed by atoms with Crippen LogP contribution in [0.1, 0.15) is 25.1 Å². The molecule has 1 aromatic carbocycles. The van der Waals surface area contributed by atoms with Crippen LogP contribution in [0, 0.1) is 0 Å². The fourth-order valence-electron chi connectivity index (χ4n) is 2.93. The molecule has 1 aliphatic rings. The lowest BCUT2D eigenvalue weighted by Crippen LogP contribution is -2.17. The van der Waals surface area contributed by atoms with Gasteiger partial charge in [-0.25, -0.2) is 4.98 Å². The first kappa shape index (κ1) is 11.8. The van der Waals surface area contributed by atoms with Gasteiger partial charge in [0, 0.05) is 21.9 Å². The fourth-order valence-corrected chi connectivity index (χ4v) is 3.58. The minimum absolute atomic E-state index is 0.0784. The van der Waals surface area contributed by atoms with Crippen LogP contribution in [-0.4, -0.2) is 9.97 Å². The van der Waals surface area contributed by atoms with E-state index in [1.165, 1.54) is 11.1 Å². The maximum atomic E-state index is 4.91. The van der Waals surface area contributed by atoms with Crippen molar-refractivity contribution in [2.45, 2.75) is 19.3 Å². The molecule has 0 amide bonds. The van der Waals surface area contributed by atoms with Crippen LogP contribution >= 0.6 is 11.3 Å². The molecular formula is C17H14N2S. The molecule has 0 saturated carbocycles. The highest BCUT2D eigenvalue weighted by Gasteiger charge is 2.37. The summed E-state index contributed by atoms with van der Waals surface area (Å²) in [7, 11) is 0. The highest BCUT2D eigenvalue weighted by Crippen LogP contribution is 2.46. The molecule has 0 atom stereocenters. The highest BCUT2D eigenvalue weighted by atomic mass is 32.1. The first-order valence-electron chi connectivity index (χ1n) is 6.68. The monoisotopic (exact) mass is 278 g/mol. The summed E-state index contributed by atoms with van der Waals surface area (Å²) in [5.41, 5.74) is 6.69. The van der Waals surface area contributed by atoms with Gasteiger partial charge in [0.1, 0.15) is 0 Å². The number of aromatic nitrogens is 2. The molecule has 4 rings (SSSR count). The van der Waals surface area contributed by atoms with Gasteiger partial charge in [-0.15, -0.1) is 0 Å². The molecule has 2 heterocycles. The average molecular weight is 278 g/mol. The summed E-state index contributed by atoms with van der Waals surface area (Å²) in [6.07, 6.45) is 1.89. The number of hydrogen-bond acceptors (Lipinski definition) is 3. The van der Waals surface area contributed by atoms with Gasteiger partial charge in [-0.1, -0.05) is 38.1 Å². The molecule has 0 spiro atoms. The topological polar surface area (TPSA) is 25.8 Å². The Kier molecular flexibility index (Phi) is 2.36. The van der Waals surface area contributed by atoms with Gasteiger partial charge in [0.25, 0.3) is 0 Å². The van der Waals surface area contributed by atoms with Gasteiger partial charge >= 0.3 is 0 Å². The predicted molar refractivity (Wildman–Crippen MR) is 82.9 cm³/mol. The van der Waals surface area contributed by atoms with E-state index >= 15 is 0 Å². The van der Waals surface area contributed by atoms with Gasteiger partial charge in [-0.2, -0.15) is 11.3 Å². The number of benzene rings is 1. The maximum absolute atomic E-state index is 4.91. The lowest BCUT2D eigenvalue weighted by Gasteiger charge is -2.19. The van der Waals surface area contributed by atoms with Gasteiger partial charge in [0.15, 0.2) is 0 Å². The summed E-state index contributed by atoms with van der Waals surface area (Å²) in [6.45, 7) is 4.45. The zero-order valence-electron chi connectivity index (χ0n) is 11.4. The fraction of sp³-hybridized carbons (Fsp3) is 0.176. The van der Waals surface area contributed by atoms with Crippen LogP contribution < -0.4 is 0 Å². The van der Waals surface area contributed by atoms with Crippen molar-refractivity contribution >= 4 is 11.3 Å². The molecule has 3 heteroatoms. The van der Waals surface area contributed by atoms with Crippen molar-refractivity contribution in [1.82, 2.24) is 9.97 Å². The Labute approximate surface area is 122 Å². The first-order chi connectivity index (χ1) is 9.68. The van der Waals surface area contributed by atoms with E-state index in [0.29, 0.717) is 0 Å². The summed E-state index contributed by atoms with van der Waals surface area (Å²) < 4.78 is 0. The molecule has 0 aliphatic heterocycles. The van der Waals surface area contributed by atoms with E-state index in [9.17, 15) is 0 Å². The van der Waals surface area contributed by atoms with E-state index in [0.717, 1.165) is 22.6 Å². The average Bonchev–Trinajstić information content (AvgIpc) is 3.07. The van der Waals surface area contributed by atoms with Crippen molar-refractivity contribution < 1.29 is 0 Å². The Morgan fingerprint density at radius 3 is 2.75 bits per heavy atom. The minimum Gasteiger partial charge on any atom is -0.252 e. The molecule has 20 heavy (non-hydrogen) atoms. The Hall–Kier alpha value is -2.00. The van der Waals surface area contributed by atoms with Crippen molar-refractivity contribution in [3.05, 3.63) is 58.5 Å². The second-order valence-electron chi connectivity index (χ2n) is 5.64. The molecule has 0 fully saturated rings. The van der Waals surface area contributed by atoms with Gasteiger partial charge in [0.2, 0.25) is 0 Å². The molecule has 2 aromatic heterocycles. The van der Waals surface area contributed by atoms with Gasteiger partial charge in [-0.05, 0) is 17.0 Å². The third-order valence-corrected chi connectivity index (χ3v) is 4.72. The molecule has 1 aliphatic carbocycles. The van der Waals surface area contributed by atoms with Crippen molar-refractivity contribution in [3.8, 4) is 22.5 Å². The van der Waals surface area contributed by atoms with E-state index < -0.39 is 0 Å². The van der Waals surface area contributed by atoms with Gasteiger partial charge < -0.3 is 0 Å². The van der Waals surface area contributed by atoms with Crippen molar-refractivity contribution in [3.63, 3.8) is 0 Å². The largest absolute Gasteiger partial charge is 0.252 e. The summed E-state index contributed by atoms with van der Waals surface area (Å²) in [4.78, 5) is 9.60. The van der Waals surface area contributed by atoms with E-state index in [2.05, 4.69) is 54.9 Å². The Morgan fingerprint density at radius 1 is 1.10 bits per heavy atom. The standard InChI is InChI=1S/C17H14N2S/c1-17(2)13-6-4-3-5-12(13)15-16(17)19-14(9-18-15)11-7-8-20-10-11/h3-10H,1-2H3. The van der Waals surface area contributed by atoms with E-state index in [4.69, 9.17) is 9.97 Å². The van der Waals surface area contributed by atoms with Crippen LogP contribution in [-0.2, 0) is 5.41 Å². The number of rotatable bonds is 1. The van der Waals surface area contributed by atoms with Crippen molar-refractivity contribution in [1.29, 1.82) is 0 Å². The summed E-state index contributed by atoms with van der Waals surface area (Å²) in [5.74, 6) is 0. The minimum atomic E-state index is -0.0784. The number of nitrogens with zero attached hydrogens (tertiary/aromatic N) is 2. The molecule has 98 valence electrons.